The molecule has 7 heteroatoms. The maximum Gasteiger partial charge on any atom is 0.310 e. The highest BCUT2D eigenvalue weighted by atomic mass is 127. The van der Waals surface area contributed by atoms with Gasteiger partial charge >= 0.3 is 5.97 Å². The number of halogens is 1. The number of aromatic nitrogens is 1. The molecule has 1 aromatic heterocycles. The van der Waals surface area contributed by atoms with Crippen LogP contribution in [0.1, 0.15) is 32.4 Å². The Labute approximate surface area is 183 Å². The van der Waals surface area contributed by atoms with Crippen molar-refractivity contribution in [3.05, 3.63) is 42.2 Å². The Bertz CT molecular complexity index is 807. The maximum atomic E-state index is 12.1. The number of likely N-dealkylation sites (tertiary alicyclic amines) is 1. The van der Waals surface area contributed by atoms with Crippen molar-refractivity contribution in [1.29, 1.82) is 0 Å². The zero-order chi connectivity index (χ0) is 19.1. The molecule has 0 spiro atoms. The summed E-state index contributed by atoms with van der Waals surface area (Å²) in [6, 6.07) is 10.2. The summed E-state index contributed by atoms with van der Waals surface area (Å²) in [4.78, 5) is 23.6. The molecule has 0 saturated carbocycles. The number of ether oxygens (including phenoxy) is 1. The first kappa shape index (κ1) is 22.4. The maximum absolute atomic E-state index is 12.1. The van der Waals surface area contributed by atoms with Gasteiger partial charge in [-0.25, -0.2) is 4.99 Å². The van der Waals surface area contributed by atoms with Gasteiger partial charge in [-0.2, -0.15) is 0 Å². The van der Waals surface area contributed by atoms with Crippen LogP contribution in [0.25, 0.3) is 10.8 Å². The van der Waals surface area contributed by atoms with Crippen LogP contribution in [-0.2, 0) is 16.1 Å². The summed E-state index contributed by atoms with van der Waals surface area (Å²) >= 11 is 0. The van der Waals surface area contributed by atoms with E-state index < -0.39 is 0 Å². The number of hydrogen-bond acceptors (Lipinski definition) is 4. The van der Waals surface area contributed by atoms with Gasteiger partial charge in [-0.15, -0.1) is 24.0 Å². The van der Waals surface area contributed by atoms with Gasteiger partial charge < -0.3 is 15.0 Å². The number of guanidine groups is 1. The molecule has 0 unspecified atom stereocenters. The number of carbonyl (C=O) groups excluding carboxylic acids is 1. The number of rotatable bonds is 5. The van der Waals surface area contributed by atoms with E-state index in [4.69, 9.17) is 9.73 Å². The standard InChI is InChI=1S/C21H28N4O2.HI/c1-3-22-21(25-13-7-9-17(15-25)20(26)27-4-2)24-14-19-18-10-6-5-8-16(18)11-12-23-19;/h5-6,8,10-12,17H,3-4,7,9,13-15H2,1-2H3,(H,22,24);1H/t17-;/m0./s1. The molecule has 1 atom stereocenters. The normalized spacial score (nSPS) is 17.1. The van der Waals surface area contributed by atoms with Crippen LogP contribution >= 0.6 is 24.0 Å². The lowest BCUT2D eigenvalue weighted by Crippen LogP contribution is -2.48. The third-order valence-electron chi connectivity index (χ3n) is 4.81. The molecule has 2 aromatic rings. The fourth-order valence-electron chi connectivity index (χ4n) is 3.51. The van der Waals surface area contributed by atoms with Crippen molar-refractivity contribution in [2.24, 2.45) is 10.9 Å². The molecular weight excluding hydrogens is 467 g/mol. The van der Waals surface area contributed by atoms with Crippen molar-refractivity contribution in [2.75, 3.05) is 26.2 Å². The van der Waals surface area contributed by atoms with Crippen LogP contribution in [0.3, 0.4) is 0 Å². The molecule has 1 aliphatic heterocycles. The van der Waals surface area contributed by atoms with Crippen LogP contribution in [0.4, 0.5) is 0 Å². The Kier molecular flexibility index (Phi) is 8.95. The Hall–Kier alpha value is -1.90. The van der Waals surface area contributed by atoms with Crippen LogP contribution in [0, 0.1) is 5.92 Å². The number of carbonyl (C=O) groups is 1. The molecule has 1 saturated heterocycles. The molecular formula is C21H29IN4O2. The van der Waals surface area contributed by atoms with Crippen molar-refractivity contribution >= 4 is 46.7 Å². The predicted molar refractivity (Wildman–Crippen MR) is 123 cm³/mol. The van der Waals surface area contributed by atoms with Gasteiger partial charge in [0, 0.05) is 31.2 Å². The van der Waals surface area contributed by atoms with Gasteiger partial charge in [0.1, 0.15) is 0 Å². The molecule has 0 bridgehead atoms. The summed E-state index contributed by atoms with van der Waals surface area (Å²) < 4.78 is 5.21. The minimum absolute atomic E-state index is 0. The minimum Gasteiger partial charge on any atom is -0.466 e. The molecule has 152 valence electrons. The van der Waals surface area contributed by atoms with Crippen LogP contribution in [-0.4, -0.2) is 48.1 Å². The van der Waals surface area contributed by atoms with E-state index in [0.29, 0.717) is 19.7 Å². The van der Waals surface area contributed by atoms with Crippen LogP contribution in [0.15, 0.2) is 41.5 Å². The molecule has 2 heterocycles. The first-order valence-electron chi connectivity index (χ1n) is 9.75. The number of hydrogen-bond donors (Lipinski definition) is 1. The summed E-state index contributed by atoms with van der Waals surface area (Å²) in [5.74, 6) is 0.647. The van der Waals surface area contributed by atoms with Gasteiger partial charge in [-0.1, -0.05) is 24.3 Å². The van der Waals surface area contributed by atoms with Gasteiger partial charge in [-0.3, -0.25) is 9.78 Å². The van der Waals surface area contributed by atoms with E-state index in [1.165, 1.54) is 5.39 Å². The monoisotopic (exact) mass is 496 g/mol. The molecule has 28 heavy (non-hydrogen) atoms. The van der Waals surface area contributed by atoms with E-state index in [2.05, 4.69) is 34.3 Å². The van der Waals surface area contributed by atoms with E-state index in [1.807, 2.05) is 31.3 Å². The zero-order valence-electron chi connectivity index (χ0n) is 16.6. The number of pyridine rings is 1. The van der Waals surface area contributed by atoms with E-state index in [0.717, 1.165) is 43.0 Å². The third kappa shape index (κ3) is 5.56. The van der Waals surface area contributed by atoms with Gasteiger partial charge in [-0.05, 0) is 38.1 Å². The Morgan fingerprint density at radius 1 is 1.32 bits per heavy atom. The van der Waals surface area contributed by atoms with Gasteiger partial charge in [0.15, 0.2) is 5.96 Å². The molecule has 1 aliphatic rings. The summed E-state index contributed by atoms with van der Waals surface area (Å²) in [5, 5.41) is 5.66. The molecule has 0 amide bonds. The minimum atomic E-state index is -0.103. The second kappa shape index (κ2) is 11.2. The molecule has 6 nitrogen and oxygen atoms in total. The summed E-state index contributed by atoms with van der Waals surface area (Å²) in [7, 11) is 0. The quantitative estimate of drug-likeness (QED) is 0.297. The average Bonchev–Trinajstić information content (AvgIpc) is 2.71. The van der Waals surface area contributed by atoms with E-state index >= 15 is 0 Å². The van der Waals surface area contributed by atoms with Gasteiger partial charge in [0.25, 0.3) is 0 Å². The van der Waals surface area contributed by atoms with Gasteiger partial charge in [0.2, 0.25) is 0 Å². The summed E-state index contributed by atoms with van der Waals surface area (Å²) in [6.45, 7) is 7.15. The number of fused-ring (bicyclic) bond motifs is 1. The van der Waals surface area contributed by atoms with E-state index in [9.17, 15) is 4.79 Å². The number of aliphatic imine (C=N–C) groups is 1. The fourth-order valence-corrected chi connectivity index (χ4v) is 3.51. The Morgan fingerprint density at radius 2 is 2.14 bits per heavy atom. The number of piperidine rings is 1. The van der Waals surface area contributed by atoms with Crippen LogP contribution in [0.2, 0.25) is 0 Å². The number of esters is 1. The zero-order valence-corrected chi connectivity index (χ0v) is 18.9. The Balaban J connectivity index is 0.00000280. The first-order chi connectivity index (χ1) is 13.2. The largest absolute Gasteiger partial charge is 0.466 e. The molecule has 1 N–H and O–H groups in total. The molecule has 3 rings (SSSR count). The second-order valence-corrected chi connectivity index (χ2v) is 6.69. The highest BCUT2D eigenvalue weighted by Crippen LogP contribution is 2.19. The summed E-state index contributed by atoms with van der Waals surface area (Å²) in [6.07, 6.45) is 3.66. The first-order valence-corrected chi connectivity index (χ1v) is 9.75. The lowest BCUT2D eigenvalue weighted by molar-refractivity contribution is -0.149. The van der Waals surface area contributed by atoms with Crippen molar-refractivity contribution in [1.82, 2.24) is 15.2 Å². The van der Waals surface area contributed by atoms with Gasteiger partial charge in [0.05, 0.1) is 24.8 Å². The topological polar surface area (TPSA) is 66.8 Å². The lowest BCUT2D eigenvalue weighted by Gasteiger charge is -2.34. The van der Waals surface area contributed by atoms with Crippen molar-refractivity contribution < 1.29 is 9.53 Å². The van der Waals surface area contributed by atoms with Crippen molar-refractivity contribution in [3.8, 4) is 0 Å². The molecule has 1 aromatic carbocycles. The molecule has 1 fully saturated rings. The number of nitrogens with one attached hydrogen (secondary N) is 1. The van der Waals surface area contributed by atoms with Crippen molar-refractivity contribution in [2.45, 2.75) is 33.2 Å². The van der Waals surface area contributed by atoms with Crippen LogP contribution in [0.5, 0.6) is 0 Å². The summed E-state index contributed by atoms with van der Waals surface area (Å²) in [5.41, 5.74) is 0.961. The molecule has 0 aliphatic carbocycles. The van der Waals surface area contributed by atoms with Crippen molar-refractivity contribution in [3.63, 3.8) is 0 Å². The third-order valence-corrected chi connectivity index (χ3v) is 4.81. The lowest BCUT2D eigenvalue weighted by atomic mass is 9.98. The van der Waals surface area contributed by atoms with E-state index in [1.54, 1.807) is 0 Å². The highest BCUT2D eigenvalue weighted by Gasteiger charge is 2.28. The van der Waals surface area contributed by atoms with E-state index in [-0.39, 0.29) is 35.9 Å². The average molecular weight is 496 g/mol. The molecule has 0 radical (unpaired) electrons. The smallest absolute Gasteiger partial charge is 0.310 e. The SMILES string of the molecule is CCNC(=NCc1nccc2ccccc12)N1CCC[C@H](C(=O)OCC)C1.I. The Morgan fingerprint density at radius 3 is 2.93 bits per heavy atom. The second-order valence-electron chi connectivity index (χ2n) is 6.69. The predicted octanol–water partition coefficient (Wildman–Crippen LogP) is 3.59. The fraction of sp³-hybridized carbons (Fsp3) is 0.476. The number of nitrogens with zero attached hydrogens (tertiary/aromatic N) is 3. The highest BCUT2D eigenvalue weighted by molar-refractivity contribution is 14.0. The van der Waals surface area contributed by atoms with Crippen LogP contribution < -0.4 is 5.32 Å². The number of benzene rings is 1.